The van der Waals surface area contributed by atoms with Crippen molar-refractivity contribution < 1.29 is 14.1 Å². The summed E-state index contributed by atoms with van der Waals surface area (Å²) in [6, 6.07) is 2.79. The van der Waals surface area contributed by atoms with Crippen LogP contribution in [0.15, 0.2) is 12.1 Å². The van der Waals surface area contributed by atoms with E-state index in [0.717, 1.165) is 0 Å². The topological polar surface area (TPSA) is 60.2 Å². The van der Waals surface area contributed by atoms with Crippen LogP contribution in [-0.4, -0.2) is 17.9 Å². The second-order valence-electron chi connectivity index (χ2n) is 3.14. The minimum absolute atomic E-state index is 0.0853. The molecule has 1 aromatic carbocycles. The Bertz CT molecular complexity index is 404. The monoisotopic (exact) mass is 211 g/mol. The molecule has 80 valence electrons. The average molecular weight is 211 g/mol. The Balaban J connectivity index is 3.31. The number of halogens is 1. The molecule has 0 unspecified atom stereocenters. The Labute approximate surface area is 85.9 Å². The molecule has 0 heterocycles. The lowest BCUT2D eigenvalue weighted by Crippen LogP contribution is -1.99. The lowest BCUT2D eigenvalue weighted by Gasteiger charge is -2.04. The molecule has 5 heteroatoms. The van der Waals surface area contributed by atoms with Crippen molar-refractivity contribution in [2.24, 2.45) is 0 Å². The zero-order valence-corrected chi connectivity index (χ0v) is 8.20. The van der Waals surface area contributed by atoms with E-state index in [9.17, 15) is 19.3 Å². The van der Waals surface area contributed by atoms with E-state index in [2.05, 4.69) is 0 Å². The molecule has 0 fully saturated rings. The summed E-state index contributed by atoms with van der Waals surface area (Å²) in [7, 11) is 0. The van der Waals surface area contributed by atoms with Gasteiger partial charge in [0.2, 0.25) is 0 Å². The normalized spacial score (nSPS) is 10.0. The summed E-state index contributed by atoms with van der Waals surface area (Å²) in [5.41, 5.74) is 0.894. The number of aldehydes is 1. The summed E-state index contributed by atoms with van der Waals surface area (Å²) < 4.78 is 12.1. The summed E-state index contributed by atoms with van der Waals surface area (Å²) >= 11 is 0. The molecule has 4 nitrogen and oxygen atoms in total. The fourth-order valence-corrected chi connectivity index (χ4v) is 1.35. The van der Waals surface area contributed by atoms with Gasteiger partial charge < -0.3 is 0 Å². The molecule has 0 saturated heterocycles. The number of alkyl halides is 1. The highest BCUT2D eigenvalue weighted by Gasteiger charge is 2.15. The molecule has 0 bridgehead atoms. The smallest absolute Gasteiger partial charge is 0.273 e. The van der Waals surface area contributed by atoms with Crippen LogP contribution in [-0.2, 0) is 6.42 Å². The number of nitro benzene ring substituents is 1. The maximum absolute atomic E-state index is 12.1. The van der Waals surface area contributed by atoms with Crippen LogP contribution in [0, 0.1) is 17.0 Å². The van der Waals surface area contributed by atoms with Crippen molar-refractivity contribution in [3.63, 3.8) is 0 Å². The third-order valence-corrected chi connectivity index (χ3v) is 2.19. The van der Waals surface area contributed by atoms with Gasteiger partial charge in [-0.2, -0.15) is 0 Å². The van der Waals surface area contributed by atoms with Gasteiger partial charge in [-0.1, -0.05) is 0 Å². The first-order valence-electron chi connectivity index (χ1n) is 4.39. The van der Waals surface area contributed by atoms with Gasteiger partial charge in [0.05, 0.1) is 11.6 Å². The van der Waals surface area contributed by atoms with Gasteiger partial charge in [-0.3, -0.25) is 19.3 Å². The second-order valence-corrected chi connectivity index (χ2v) is 3.14. The first kappa shape index (κ1) is 11.3. The van der Waals surface area contributed by atoms with Gasteiger partial charge in [-0.05, 0) is 18.6 Å². The Hall–Kier alpha value is -1.78. The number of nitrogens with zero attached hydrogens (tertiary/aromatic N) is 1. The number of rotatable bonds is 4. The van der Waals surface area contributed by atoms with Crippen molar-refractivity contribution in [2.75, 3.05) is 6.67 Å². The van der Waals surface area contributed by atoms with Crippen molar-refractivity contribution in [3.8, 4) is 0 Å². The van der Waals surface area contributed by atoms with Gasteiger partial charge in [0.15, 0.2) is 6.29 Å². The third-order valence-electron chi connectivity index (χ3n) is 2.19. The highest BCUT2D eigenvalue weighted by molar-refractivity contribution is 5.79. The van der Waals surface area contributed by atoms with Crippen LogP contribution in [0.5, 0.6) is 0 Å². The zero-order valence-electron chi connectivity index (χ0n) is 8.20. The SMILES string of the molecule is Cc1c(C=O)cc(CCF)cc1[N+](=O)[O-]. The maximum atomic E-state index is 12.1. The molecule has 0 aliphatic rings. The molecule has 0 saturated carbocycles. The zero-order chi connectivity index (χ0) is 11.4. The van der Waals surface area contributed by atoms with Crippen molar-refractivity contribution in [1.29, 1.82) is 0 Å². The van der Waals surface area contributed by atoms with E-state index < -0.39 is 11.6 Å². The van der Waals surface area contributed by atoms with E-state index >= 15 is 0 Å². The van der Waals surface area contributed by atoms with E-state index in [-0.39, 0.29) is 17.7 Å². The Morgan fingerprint density at radius 1 is 1.53 bits per heavy atom. The second kappa shape index (κ2) is 4.63. The number of carbonyl (C=O) groups is 1. The van der Waals surface area contributed by atoms with Crippen LogP contribution >= 0.6 is 0 Å². The molecule has 0 amide bonds. The van der Waals surface area contributed by atoms with Gasteiger partial charge in [0, 0.05) is 23.6 Å². The number of aryl methyl sites for hydroxylation is 1. The van der Waals surface area contributed by atoms with Gasteiger partial charge in [-0.25, -0.2) is 0 Å². The molecule has 0 aliphatic carbocycles. The molecule has 0 spiro atoms. The van der Waals surface area contributed by atoms with E-state index in [1.807, 2.05) is 0 Å². The van der Waals surface area contributed by atoms with Gasteiger partial charge in [0.1, 0.15) is 0 Å². The molecule has 0 radical (unpaired) electrons. The summed E-state index contributed by atoms with van der Waals surface area (Å²) in [5.74, 6) is 0. The van der Waals surface area contributed by atoms with Crippen molar-refractivity contribution in [1.82, 2.24) is 0 Å². The predicted molar refractivity (Wildman–Crippen MR) is 52.9 cm³/mol. The highest BCUT2D eigenvalue weighted by atomic mass is 19.1. The summed E-state index contributed by atoms with van der Waals surface area (Å²) in [4.78, 5) is 20.7. The molecule has 1 rings (SSSR count). The quantitative estimate of drug-likeness (QED) is 0.436. The molecular formula is C10H10FNO3. The Kier molecular flexibility index (Phi) is 3.49. The van der Waals surface area contributed by atoms with Crippen LogP contribution < -0.4 is 0 Å². The molecule has 15 heavy (non-hydrogen) atoms. The number of hydrogen-bond acceptors (Lipinski definition) is 3. The van der Waals surface area contributed by atoms with Crippen molar-refractivity contribution >= 4 is 12.0 Å². The largest absolute Gasteiger partial charge is 0.298 e. The Morgan fingerprint density at radius 3 is 2.67 bits per heavy atom. The third kappa shape index (κ3) is 2.37. The Morgan fingerprint density at radius 2 is 2.20 bits per heavy atom. The van der Waals surface area contributed by atoms with Crippen molar-refractivity contribution in [2.45, 2.75) is 13.3 Å². The van der Waals surface area contributed by atoms with E-state index in [4.69, 9.17) is 0 Å². The fraction of sp³-hybridized carbons (Fsp3) is 0.300. The molecule has 0 aliphatic heterocycles. The van der Waals surface area contributed by atoms with E-state index in [1.54, 1.807) is 0 Å². The average Bonchev–Trinajstić information content (AvgIpc) is 2.20. The molecule has 0 N–H and O–H groups in total. The van der Waals surface area contributed by atoms with Crippen LogP contribution in [0.25, 0.3) is 0 Å². The molecule has 0 aromatic heterocycles. The first-order valence-corrected chi connectivity index (χ1v) is 4.39. The predicted octanol–water partition coefficient (Wildman–Crippen LogP) is 2.23. The highest BCUT2D eigenvalue weighted by Crippen LogP contribution is 2.23. The van der Waals surface area contributed by atoms with Crippen molar-refractivity contribution in [3.05, 3.63) is 38.9 Å². The summed E-state index contributed by atoms with van der Waals surface area (Å²) in [6.07, 6.45) is 0.631. The minimum atomic E-state index is -0.599. The maximum Gasteiger partial charge on any atom is 0.273 e. The summed E-state index contributed by atoms with van der Waals surface area (Å²) in [5, 5.41) is 10.6. The first-order chi connectivity index (χ1) is 7.10. The van der Waals surface area contributed by atoms with E-state index in [1.165, 1.54) is 19.1 Å². The minimum Gasteiger partial charge on any atom is -0.298 e. The lowest BCUT2D eigenvalue weighted by molar-refractivity contribution is -0.385. The molecule has 0 atom stereocenters. The number of nitro groups is 1. The van der Waals surface area contributed by atoms with Gasteiger partial charge >= 0.3 is 0 Å². The van der Waals surface area contributed by atoms with E-state index in [0.29, 0.717) is 17.4 Å². The molecule has 1 aromatic rings. The van der Waals surface area contributed by atoms with Crippen LogP contribution in [0.2, 0.25) is 0 Å². The standard InChI is InChI=1S/C10H10FNO3/c1-7-9(6-13)4-8(2-3-11)5-10(7)12(14)15/h4-6H,2-3H2,1H3. The van der Waals surface area contributed by atoms with Crippen LogP contribution in [0.1, 0.15) is 21.5 Å². The number of benzene rings is 1. The van der Waals surface area contributed by atoms with Gasteiger partial charge in [0.25, 0.3) is 5.69 Å². The van der Waals surface area contributed by atoms with Crippen LogP contribution in [0.4, 0.5) is 10.1 Å². The fourth-order valence-electron chi connectivity index (χ4n) is 1.35. The lowest BCUT2D eigenvalue weighted by atomic mass is 10.0. The van der Waals surface area contributed by atoms with Gasteiger partial charge in [-0.15, -0.1) is 0 Å². The molecular weight excluding hydrogens is 201 g/mol. The van der Waals surface area contributed by atoms with Crippen LogP contribution in [0.3, 0.4) is 0 Å². The number of hydrogen-bond donors (Lipinski definition) is 0. The number of carbonyl (C=O) groups excluding carboxylic acids is 1. The summed E-state index contributed by atoms with van der Waals surface area (Å²) in [6.45, 7) is 0.902.